The molecule has 0 saturated heterocycles. The summed E-state index contributed by atoms with van der Waals surface area (Å²) >= 11 is 0. The molecular weight excluding hydrogens is 342 g/mol. The summed E-state index contributed by atoms with van der Waals surface area (Å²) in [6, 6.07) is 12.9. The summed E-state index contributed by atoms with van der Waals surface area (Å²) in [5, 5.41) is 0. The van der Waals surface area contributed by atoms with Gasteiger partial charge in [-0.15, -0.1) is 0 Å². The Kier molecular flexibility index (Phi) is 6.17. The van der Waals surface area contributed by atoms with Crippen LogP contribution in [0.4, 0.5) is 0 Å². The lowest BCUT2D eigenvalue weighted by molar-refractivity contribution is 0.0526. The standard InChI is InChI=1S/C18H21NO5S/c1-4-24-18(20)15-7-5-14(6-8-15)13-19(2)25(21,22)17-11-9-16(23-3)10-12-17/h5-12H,4,13H2,1-3H3. The highest BCUT2D eigenvalue weighted by atomic mass is 32.2. The fourth-order valence-electron chi connectivity index (χ4n) is 2.23. The van der Waals surface area contributed by atoms with E-state index in [1.165, 1.54) is 30.6 Å². The molecule has 0 aliphatic carbocycles. The van der Waals surface area contributed by atoms with E-state index in [-0.39, 0.29) is 11.4 Å². The Bertz CT molecular complexity index is 814. The molecule has 0 unspecified atom stereocenters. The first kappa shape index (κ1) is 19.0. The molecular formula is C18H21NO5S. The summed E-state index contributed by atoms with van der Waals surface area (Å²) in [6.07, 6.45) is 0. The first-order valence-electron chi connectivity index (χ1n) is 7.75. The second kappa shape index (κ2) is 8.13. The van der Waals surface area contributed by atoms with Crippen LogP contribution in [0.2, 0.25) is 0 Å². The van der Waals surface area contributed by atoms with Gasteiger partial charge in [0.1, 0.15) is 5.75 Å². The van der Waals surface area contributed by atoms with Crippen molar-refractivity contribution in [2.45, 2.75) is 18.4 Å². The zero-order valence-corrected chi connectivity index (χ0v) is 15.2. The largest absolute Gasteiger partial charge is 0.497 e. The van der Waals surface area contributed by atoms with Crippen molar-refractivity contribution in [1.29, 1.82) is 0 Å². The van der Waals surface area contributed by atoms with Crippen LogP contribution < -0.4 is 4.74 Å². The fraction of sp³-hybridized carbons (Fsp3) is 0.278. The van der Waals surface area contributed by atoms with E-state index in [1.54, 1.807) is 43.3 Å². The van der Waals surface area contributed by atoms with Crippen LogP contribution in [0.3, 0.4) is 0 Å². The molecule has 0 amide bonds. The molecule has 0 aromatic heterocycles. The predicted octanol–water partition coefficient (Wildman–Crippen LogP) is 2.69. The zero-order chi connectivity index (χ0) is 18.4. The fourth-order valence-corrected chi connectivity index (χ4v) is 3.39. The van der Waals surface area contributed by atoms with Gasteiger partial charge in [0.2, 0.25) is 10.0 Å². The Balaban J connectivity index is 2.11. The van der Waals surface area contributed by atoms with Crippen molar-refractivity contribution in [2.24, 2.45) is 0 Å². The first-order chi connectivity index (χ1) is 11.9. The van der Waals surface area contributed by atoms with Crippen molar-refractivity contribution < 1.29 is 22.7 Å². The number of sulfonamides is 1. The number of esters is 1. The van der Waals surface area contributed by atoms with E-state index in [4.69, 9.17) is 9.47 Å². The highest BCUT2D eigenvalue weighted by Gasteiger charge is 2.21. The van der Waals surface area contributed by atoms with Crippen molar-refractivity contribution in [1.82, 2.24) is 4.31 Å². The Labute approximate surface area is 148 Å². The number of nitrogens with zero attached hydrogens (tertiary/aromatic N) is 1. The topological polar surface area (TPSA) is 72.9 Å². The SMILES string of the molecule is CCOC(=O)c1ccc(CN(C)S(=O)(=O)c2ccc(OC)cc2)cc1. The van der Waals surface area contributed by atoms with E-state index in [1.807, 2.05) is 0 Å². The lowest BCUT2D eigenvalue weighted by Crippen LogP contribution is -2.26. The van der Waals surface area contributed by atoms with Crippen LogP contribution >= 0.6 is 0 Å². The Morgan fingerprint density at radius 3 is 2.16 bits per heavy atom. The van der Waals surface area contributed by atoms with Gasteiger partial charge in [0.15, 0.2) is 0 Å². The molecule has 0 aliphatic rings. The van der Waals surface area contributed by atoms with E-state index < -0.39 is 16.0 Å². The maximum atomic E-state index is 12.6. The summed E-state index contributed by atoms with van der Waals surface area (Å²) in [6.45, 7) is 2.24. The van der Waals surface area contributed by atoms with Crippen molar-refractivity contribution in [2.75, 3.05) is 20.8 Å². The monoisotopic (exact) mass is 363 g/mol. The molecule has 0 spiro atoms. The van der Waals surface area contributed by atoms with Crippen molar-refractivity contribution in [3.63, 3.8) is 0 Å². The molecule has 25 heavy (non-hydrogen) atoms. The normalized spacial score (nSPS) is 11.4. The number of rotatable bonds is 7. The highest BCUT2D eigenvalue weighted by Crippen LogP contribution is 2.20. The molecule has 0 aliphatic heterocycles. The second-order valence-corrected chi connectivity index (χ2v) is 7.40. The molecule has 2 aromatic rings. The van der Waals surface area contributed by atoms with Gasteiger partial charge in [0, 0.05) is 13.6 Å². The van der Waals surface area contributed by atoms with Crippen LogP contribution in [0.25, 0.3) is 0 Å². The third-order valence-corrected chi connectivity index (χ3v) is 5.46. The molecule has 0 N–H and O–H groups in total. The Morgan fingerprint density at radius 2 is 1.64 bits per heavy atom. The number of carbonyl (C=O) groups is 1. The summed E-state index contributed by atoms with van der Waals surface area (Å²) in [4.78, 5) is 11.8. The van der Waals surface area contributed by atoms with Gasteiger partial charge in [-0.1, -0.05) is 12.1 Å². The molecule has 134 valence electrons. The number of methoxy groups -OCH3 is 1. The predicted molar refractivity (Wildman–Crippen MR) is 94.0 cm³/mol. The molecule has 0 bridgehead atoms. The third kappa shape index (κ3) is 4.58. The van der Waals surface area contributed by atoms with Gasteiger partial charge in [-0.2, -0.15) is 4.31 Å². The van der Waals surface area contributed by atoms with Crippen LogP contribution in [0.15, 0.2) is 53.4 Å². The number of benzene rings is 2. The van der Waals surface area contributed by atoms with E-state index in [0.717, 1.165) is 5.56 Å². The van der Waals surface area contributed by atoms with Crippen LogP contribution in [-0.4, -0.2) is 39.5 Å². The van der Waals surface area contributed by atoms with Crippen molar-refractivity contribution >= 4 is 16.0 Å². The lowest BCUT2D eigenvalue weighted by Gasteiger charge is -2.17. The first-order valence-corrected chi connectivity index (χ1v) is 9.19. The van der Waals surface area contributed by atoms with Crippen LogP contribution in [0, 0.1) is 0 Å². The maximum absolute atomic E-state index is 12.6. The Hall–Kier alpha value is -2.38. The highest BCUT2D eigenvalue weighted by molar-refractivity contribution is 7.89. The summed E-state index contributed by atoms with van der Waals surface area (Å²) in [7, 11) is -0.575. The van der Waals surface area contributed by atoms with Gasteiger partial charge in [0.05, 0.1) is 24.2 Å². The van der Waals surface area contributed by atoms with Crippen LogP contribution in [0.5, 0.6) is 5.75 Å². The van der Waals surface area contributed by atoms with E-state index >= 15 is 0 Å². The summed E-state index contributed by atoms with van der Waals surface area (Å²) in [5.74, 6) is 0.199. The lowest BCUT2D eigenvalue weighted by atomic mass is 10.1. The second-order valence-electron chi connectivity index (χ2n) is 5.35. The van der Waals surface area contributed by atoms with Gasteiger partial charge in [0.25, 0.3) is 0 Å². The molecule has 7 heteroatoms. The molecule has 0 radical (unpaired) electrons. The molecule has 2 rings (SSSR count). The quantitative estimate of drug-likeness (QED) is 0.707. The smallest absolute Gasteiger partial charge is 0.338 e. The van der Waals surface area contributed by atoms with Crippen molar-refractivity contribution in [3.8, 4) is 5.75 Å². The minimum Gasteiger partial charge on any atom is -0.497 e. The maximum Gasteiger partial charge on any atom is 0.338 e. The Morgan fingerprint density at radius 1 is 1.04 bits per heavy atom. The molecule has 0 fully saturated rings. The molecule has 0 heterocycles. The van der Waals surface area contributed by atoms with Gasteiger partial charge >= 0.3 is 5.97 Å². The molecule has 2 aromatic carbocycles. The van der Waals surface area contributed by atoms with Gasteiger partial charge < -0.3 is 9.47 Å². The van der Waals surface area contributed by atoms with Crippen LogP contribution in [-0.2, 0) is 21.3 Å². The van der Waals surface area contributed by atoms with E-state index in [0.29, 0.717) is 17.9 Å². The number of hydrogen-bond acceptors (Lipinski definition) is 5. The van der Waals surface area contributed by atoms with Crippen LogP contribution in [0.1, 0.15) is 22.8 Å². The average molecular weight is 363 g/mol. The zero-order valence-electron chi connectivity index (χ0n) is 14.4. The van der Waals surface area contributed by atoms with E-state index in [2.05, 4.69) is 0 Å². The minimum absolute atomic E-state index is 0.192. The molecule has 0 saturated carbocycles. The minimum atomic E-state index is -3.61. The van der Waals surface area contributed by atoms with Gasteiger partial charge in [-0.25, -0.2) is 13.2 Å². The number of carbonyl (C=O) groups excluding carboxylic acids is 1. The average Bonchev–Trinajstić information content (AvgIpc) is 2.62. The number of ether oxygens (including phenoxy) is 2. The summed E-state index contributed by atoms with van der Waals surface area (Å²) < 4.78 is 36.4. The summed E-state index contributed by atoms with van der Waals surface area (Å²) in [5.41, 5.74) is 1.21. The van der Waals surface area contributed by atoms with Gasteiger partial charge in [-0.05, 0) is 48.9 Å². The van der Waals surface area contributed by atoms with E-state index in [9.17, 15) is 13.2 Å². The third-order valence-electron chi connectivity index (χ3n) is 3.64. The van der Waals surface area contributed by atoms with Gasteiger partial charge in [-0.3, -0.25) is 0 Å². The number of hydrogen-bond donors (Lipinski definition) is 0. The molecule has 0 atom stereocenters. The molecule has 6 nitrogen and oxygen atoms in total. The van der Waals surface area contributed by atoms with Crippen molar-refractivity contribution in [3.05, 3.63) is 59.7 Å².